The first kappa shape index (κ1) is 21.5. The first-order chi connectivity index (χ1) is 14.9. The van der Waals surface area contributed by atoms with Crippen molar-refractivity contribution < 1.29 is 19.4 Å². The highest BCUT2D eigenvalue weighted by molar-refractivity contribution is 5.93. The van der Waals surface area contributed by atoms with Crippen LogP contribution in [-0.4, -0.2) is 29.1 Å². The second-order valence-electron chi connectivity index (χ2n) is 6.92. The molecule has 1 heterocycles. The monoisotopic (exact) mass is 415 g/mol. The molecule has 0 saturated carbocycles. The maximum atomic E-state index is 13.0. The summed E-state index contributed by atoms with van der Waals surface area (Å²) in [7, 11) is 1.50. The second kappa shape index (κ2) is 9.55. The number of amides is 1. The number of carbonyl (C=O) groups excluding carboxylic acids is 1. The average Bonchev–Trinajstić information content (AvgIpc) is 2.78. The minimum atomic E-state index is -1.02. The molecule has 2 N–H and O–H groups in total. The smallest absolute Gasteiger partial charge is 0.305 e. The fraction of sp³-hybridized carbons (Fsp3) is 0.167. The number of hydrogen-bond donors (Lipinski definition) is 2. The second-order valence-corrected chi connectivity index (χ2v) is 6.92. The lowest BCUT2D eigenvalue weighted by Crippen LogP contribution is -2.31. The summed E-state index contributed by atoms with van der Waals surface area (Å²) < 4.78 is 5.37. The van der Waals surface area contributed by atoms with E-state index in [9.17, 15) is 14.7 Å². The van der Waals surface area contributed by atoms with Crippen LogP contribution in [-0.2, 0) is 4.79 Å². The number of aliphatic carboxylic acids is 1. The predicted octanol–water partition coefficient (Wildman–Crippen LogP) is 3.88. The molecular weight excluding hydrogens is 394 g/mol. The summed E-state index contributed by atoms with van der Waals surface area (Å²) in [5.74, 6) is -1.04. The Kier molecular flexibility index (Phi) is 6.63. The van der Waals surface area contributed by atoms with E-state index in [1.54, 1.807) is 42.5 Å². The van der Waals surface area contributed by atoms with E-state index in [1.165, 1.54) is 13.2 Å². The minimum absolute atomic E-state index is 0.129. The van der Waals surface area contributed by atoms with Crippen LogP contribution >= 0.6 is 0 Å². The van der Waals surface area contributed by atoms with Crippen LogP contribution in [0.25, 0.3) is 11.3 Å². The van der Waals surface area contributed by atoms with E-state index in [-0.39, 0.29) is 12.1 Å². The first-order valence-electron chi connectivity index (χ1n) is 9.56. The van der Waals surface area contributed by atoms with E-state index in [4.69, 9.17) is 10.00 Å². The van der Waals surface area contributed by atoms with Gasteiger partial charge in [0, 0.05) is 5.56 Å². The number of nitrogens with one attached hydrogen (secondary N) is 1. The zero-order valence-corrected chi connectivity index (χ0v) is 17.1. The molecule has 0 radical (unpaired) electrons. The van der Waals surface area contributed by atoms with Gasteiger partial charge in [0.15, 0.2) is 0 Å². The van der Waals surface area contributed by atoms with E-state index < -0.39 is 17.9 Å². The molecule has 0 saturated heterocycles. The topological polar surface area (TPSA) is 112 Å². The Morgan fingerprint density at radius 2 is 1.84 bits per heavy atom. The molecule has 2 aromatic carbocycles. The third kappa shape index (κ3) is 5.06. The Balaban J connectivity index is 1.93. The predicted molar refractivity (Wildman–Crippen MR) is 115 cm³/mol. The Bertz CT molecular complexity index is 1150. The lowest BCUT2D eigenvalue weighted by Gasteiger charge is -2.19. The molecule has 156 valence electrons. The Labute approximate surface area is 179 Å². The highest BCUT2D eigenvalue weighted by atomic mass is 16.5. The molecular formula is C24H21N3O4. The van der Waals surface area contributed by atoms with Gasteiger partial charge in [-0.3, -0.25) is 9.59 Å². The van der Waals surface area contributed by atoms with Gasteiger partial charge in [0.25, 0.3) is 5.91 Å². The molecule has 3 aromatic rings. The van der Waals surface area contributed by atoms with Crippen LogP contribution in [0.1, 0.15) is 39.6 Å². The number of hydrogen-bond acceptors (Lipinski definition) is 5. The molecule has 1 amide bonds. The number of ether oxygens (including phenoxy) is 1. The summed E-state index contributed by atoms with van der Waals surface area (Å²) >= 11 is 0. The third-order valence-electron chi connectivity index (χ3n) is 4.85. The van der Waals surface area contributed by atoms with Crippen molar-refractivity contribution in [1.29, 1.82) is 5.26 Å². The SMILES string of the molecule is COc1ccc(C(=O)N[C@@H](CC(=O)O)c2ccccc2C)nc1-c1ccc(C#N)cc1. The van der Waals surface area contributed by atoms with Crippen molar-refractivity contribution in [3.05, 3.63) is 83.0 Å². The largest absolute Gasteiger partial charge is 0.494 e. The Morgan fingerprint density at radius 3 is 2.45 bits per heavy atom. The number of carboxylic acids is 1. The number of carboxylic acid groups (broad SMARTS) is 1. The summed E-state index contributed by atoms with van der Waals surface area (Å²) in [6.07, 6.45) is -0.255. The molecule has 1 aromatic heterocycles. The van der Waals surface area contributed by atoms with Crippen LogP contribution in [0.15, 0.2) is 60.7 Å². The minimum Gasteiger partial charge on any atom is -0.494 e. The lowest BCUT2D eigenvalue weighted by atomic mass is 9.98. The number of rotatable bonds is 7. The third-order valence-corrected chi connectivity index (χ3v) is 4.85. The van der Waals surface area contributed by atoms with Gasteiger partial charge in [-0.05, 0) is 42.3 Å². The van der Waals surface area contributed by atoms with E-state index in [2.05, 4.69) is 16.4 Å². The highest BCUT2D eigenvalue weighted by Gasteiger charge is 2.22. The molecule has 0 bridgehead atoms. The summed E-state index contributed by atoms with van der Waals surface area (Å²) in [5.41, 5.74) is 3.39. The maximum absolute atomic E-state index is 13.0. The number of aryl methyl sites for hydroxylation is 1. The molecule has 0 aliphatic rings. The van der Waals surface area contributed by atoms with Crippen molar-refractivity contribution >= 4 is 11.9 Å². The van der Waals surface area contributed by atoms with Crippen molar-refractivity contribution in [2.45, 2.75) is 19.4 Å². The number of aromatic nitrogens is 1. The molecule has 31 heavy (non-hydrogen) atoms. The van der Waals surface area contributed by atoms with E-state index in [1.807, 2.05) is 19.1 Å². The summed E-state index contributed by atoms with van der Waals surface area (Å²) in [4.78, 5) is 28.8. The number of carbonyl (C=O) groups is 2. The van der Waals surface area contributed by atoms with Gasteiger partial charge in [0.05, 0.1) is 31.2 Å². The van der Waals surface area contributed by atoms with Gasteiger partial charge >= 0.3 is 5.97 Å². The van der Waals surface area contributed by atoms with Crippen LogP contribution in [0.3, 0.4) is 0 Å². The quantitative estimate of drug-likeness (QED) is 0.606. The van der Waals surface area contributed by atoms with Crippen molar-refractivity contribution in [3.63, 3.8) is 0 Å². The Morgan fingerprint density at radius 1 is 1.13 bits per heavy atom. The van der Waals surface area contributed by atoms with Gasteiger partial charge in [-0.2, -0.15) is 5.26 Å². The zero-order chi connectivity index (χ0) is 22.4. The van der Waals surface area contributed by atoms with Crippen molar-refractivity contribution in [1.82, 2.24) is 10.3 Å². The van der Waals surface area contributed by atoms with Crippen LogP contribution in [0, 0.1) is 18.3 Å². The van der Waals surface area contributed by atoms with Gasteiger partial charge in [-0.25, -0.2) is 4.98 Å². The number of nitriles is 1. The van der Waals surface area contributed by atoms with E-state index >= 15 is 0 Å². The summed E-state index contributed by atoms with van der Waals surface area (Å²) in [5, 5.41) is 21.1. The first-order valence-corrected chi connectivity index (χ1v) is 9.56. The van der Waals surface area contributed by atoms with Crippen LogP contribution in [0.4, 0.5) is 0 Å². The van der Waals surface area contributed by atoms with E-state index in [0.717, 1.165) is 11.1 Å². The molecule has 0 fully saturated rings. The standard InChI is InChI=1S/C24H21N3O4/c1-15-5-3-4-6-18(15)20(13-22(28)29)27-24(30)19-11-12-21(31-2)23(26-19)17-9-7-16(14-25)8-10-17/h3-12,20H,13H2,1-2H3,(H,27,30)(H,28,29)/t20-/m0/s1. The molecule has 3 rings (SSSR count). The van der Waals surface area contributed by atoms with Gasteiger partial charge < -0.3 is 15.2 Å². The van der Waals surface area contributed by atoms with Crippen LogP contribution in [0.2, 0.25) is 0 Å². The fourth-order valence-electron chi connectivity index (χ4n) is 3.27. The average molecular weight is 415 g/mol. The normalized spacial score (nSPS) is 11.3. The van der Waals surface area contributed by atoms with Crippen LogP contribution < -0.4 is 10.1 Å². The molecule has 0 aliphatic carbocycles. The lowest BCUT2D eigenvalue weighted by molar-refractivity contribution is -0.137. The van der Waals surface area contributed by atoms with Crippen molar-refractivity contribution in [3.8, 4) is 23.1 Å². The molecule has 0 spiro atoms. The maximum Gasteiger partial charge on any atom is 0.305 e. The number of nitrogens with zero attached hydrogens (tertiary/aromatic N) is 2. The molecule has 0 unspecified atom stereocenters. The molecule has 0 aliphatic heterocycles. The number of methoxy groups -OCH3 is 1. The van der Waals surface area contributed by atoms with Gasteiger partial charge in [-0.15, -0.1) is 0 Å². The molecule has 1 atom stereocenters. The van der Waals surface area contributed by atoms with Crippen LogP contribution in [0.5, 0.6) is 5.75 Å². The van der Waals surface area contributed by atoms with Gasteiger partial charge in [-0.1, -0.05) is 36.4 Å². The molecule has 7 heteroatoms. The van der Waals surface area contributed by atoms with Gasteiger partial charge in [0.2, 0.25) is 0 Å². The van der Waals surface area contributed by atoms with Crippen molar-refractivity contribution in [2.24, 2.45) is 0 Å². The van der Waals surface area contributed by atoms with E-state index in [0.29, 0.717) is 22.6 Å². The van der Waals surface area contributed by atoms with Crippen molar-refractivity contribution in [2.75, 3.05) is 7.11 Å². The number of benzene rings is 2. The zero-order valence-electron chi connectivity index (χ0n) is 17.1. The summed E-state index contributed by atoms with van der Waals surface area (Å²) in [6.45, 7) is 1.87. The molecule has 7 nitrogen and oxygen atoms in total. The highest BCUT2D eigenvalue weighted by Crippen LogP contribution is 2.29. The summed E-state index contributed by atoms with van der Waals surface area (Å²) in [6, 6.07) is 18.6. The fourth-order valence-corrected chi connectivity index (χ4v) is 3.27. The Hall–Kier alpha value is -4.18. The number of pyridine rings is 1. The van der Waals surface area contributed by atoms with Gasteiger partial charge in [0.1, 0.15) is 17.1 Å².